The highest BCUT2D eigenvalue weighted by Crippen LogP contribution is 2.15. The molecule has 1 atom stereocenters. The van der Waals surface area contributed by atoms with Gasteiger partial charge in [0.1, 0.15) is 0 Å². The maximum atomic E-state index is 4.35. The Morgan fingerprint density at radius 2 is 2.11 bits per heavy atom. The molecule has 0 aliphatic heterocycles. The fourth-order valence-electron chi connectivity index (χ4n) is 2.33. The molecule has 19 heavy (non-hydrogen) atoms. The van der Waals surface area contributed by atoms with Crippen molar-refractivity contribution in [2.75, 3.05) is 5.32 Å². The van der Waals surface area contributed by atoms with Crippen LogP contribution < -0.4 is 5.32 Å². The summed E-state index contributed by atoms with van der Waals surface area (Å²) in [6.07, 6.45) is 4.27. The van der Waals surface area contributed by atoms with E-state index in [1.807, 2.05) is 24.9 Å². The predicted octanol–water partition coefficient (Wildman–Crippen LogP) is 3.47. The summed E-state index contributed by atoms with van der Waals surface area (Å²) in [7, 11) is 1.95. The molecule has 1 heterocycles. The Labute approximate surface area is 115 Å². The van der Waals surface area contributed by atoms with Crippen molar-refractivity contribution >= 4 is 5.69 Å². The maximum Gasteiger partial charge on any atom is 0.0825 e. The van der Waals surface area contributed by atoms with E-state index in [4.69, 9.17) is 0 Å². The molecule has 0 aliphatic rings. The van der Waals surface area contributed by atoms with Gasteiger partial charge in [0.15, 0.2) is 0 Å². The fraction of sp³-hybridized carbons (Fsp3) is 0.438. The lowest BCUT2D eigenvalue weighted by Gasteiger charge is -2.14. The second kappa shape index (κ2) is 5.91. The molecule has 0 saturated carbocycles. The van der Waals surface area contributed by atoms with Crippen LogP contribution in [0.15, 0.2) is 30.5 Å². The standard InChI is InChI=1S/C16H23N3/c1-12-6-5-7-15(10-12)9-8-13(2)17-16-11-19(4)18-14(16)3/h5-7,10-11,13,17H,8-9H2,1-4H3. The molecule has 3 heteroatoms. The van der Waals surface area contributed by atoms with E-state index < -0.39 is 0 Å². The second-order valence-corrected chi connectivity index (χ2v) is 5.37. The zero-order valence-electron chi connectivity index (χ0n) is 12.3. The van der Waals surface area contributed by atoms with Gasteiger partial charge in [-0.25, -0.2) is 0 Å². The summed E-state index contributed by atoms with van der Waals surface area (Å²) >= 11 is 0. The summed E-state index contributed by atoms with van der Waals surface area (Å²) in [5.41, 5.74) is 4.95. The van der Waals surface area contributed by atoms with E-state index in [2.05, 4.69) is 48.5 Å². The smallest absolute Gasteiger partial charge is 0.0825 e. The molecule has 0 saturated heterocycles. The summed E-state index contributed by atoms with van der Waals surface area (Å²) < 4.78 is 1.85. The van der Waals surface area contributed by atoms with Gasteiger partial charge in [-0.2, -0.15) is 5.10 Å². The Morgan fingerprint density at radius 1 is 1.32 bits per heavy atom. The Kier molecular flexibility index (Phi) is 4.25. The van der Waals surface area contributed by atoms with E-state index in [0.29, 0.717) is 6.04 Å². The van der Waals surface area contributed by atoms with Gasteiger partial charge >= 0.3 is 0 Å². The number of benzene rings is 1. The second-order valence-electron chi connectivity index (χ2n) is 5.37. The number of hydrogen-bond acceptors (Lipinski definition) is 2. The average Bonchev–Trinajstić information content (AvgIpc) is 2.65. The molecule has 0 radical (unpaired) electrons. The number of nitrogens with zero attached hydrogens (tertiary/aromatic N) is 2. The molecule has 1 N–H and O–H groups in total. The molecule has 1 aromatic carbocycles. The third-order valence-corrected chi connectivity index (χ3v) is 3.36. The lowest BCUT2D eigenvalue weighted by Crippen LogP contribution is -2.16. The molecule has 1 aromatic heterocycles. The van der Waals surface area contributed by atoms with Gasteiger partial charge in [-0.05, 0) is 39.2 Å². The van der Waals surface area contributed by atoms with Crippen LogP contribution in [0.1, 0.15) is 30.2 Å². The molecule has 102 valence electrons. The lowest BCUT2D eigenvalue weighted by atomic mass is 10.0. The number of nitrogens with one attached hydrogen (secondary N) is 1. The summed E-state index contributed by atoms with van der Waals surface area (Å²) in [6, 6.07) is 9.19. The van der Waals surface area contributed by atoms with Crippen molar-refractivity contribution in [1.82, 2.24) is 9.78 Å². The van der Waals surface area contributed by atoms with E-state index in [1.165, 1.54) is 11.1 Å². The van der Waals surface area contributed by atoms with Crippen molar-refractivity contribution < 1.29 is 0 Å². The first kappa shape index (κ1) is 13.7. The number of rotatable bonds is 5. The SMILES string of the molecule is Cc1cccc(CCC(C)Nc2cn(C)nc2C)c1. The Morgan fingerprint density at radius 3 is 2.74 bits per heavy atom. The highest BCUT2D eigenvalue weighted by atomic mass is 15.3. The van der Waals surface area contributed by atoms with Crippen LogP contribution in [0.25, 0.3) is 0 Å². The van der Waals surface area contributed by atoms with E-state index in [9.17, 15) is 0 Å². The van der Waals surface area contributed by atoms with Crippen molar-refractivity contribution in [1.29, 1.82) is 0 Å². The van der Waals surface area contributed by atoms with Crippen LogP contribution in [0, 0.1) is 13.8 Å². The van der Waals surface area contributed by atoms with Gasteiger partial charge in [0.05, 0.1) is 11.4 Å². The van der Waals surface area contributed by atoms with Gasteiger partial charge < -0.3 is 5.32 Å². The molecule has 0 aliphatic carbocycles. The molecule has 0 spiro atoms. The highest BCUT2D eigenvalue weighted by Gasteiger charge is 2.07. The van der Waals surface area contributed by atoms with E-state index in [0.717, 1.165) is 24.2 Å². The molecule has 0 bridgehead atoms. The minimum Gasteiger partial charge on any atom is -0.380 e. The number of aryl methyl sites for hydroxylation is 4. The summed E-state index contributed by atoms with van der Waals surface area (Å²) in [5.74, 6) is 0. The van der Waals surface area contributed by atoms with Crippen LogP contribution in [0.5, 0.6) is 0 Å². The third kappa shape index (κ3) is 3.85. The van der Waals surface area contributed by atoms with Crippen LogP contribution in [0.2, 0.25) is 0 Å². The van der Waals surface area contributed by atoms with E-state index in [-0.39, 0.29) is 0 Å². The first-order valence-corrected chi connectivity index (χ1v) is 6.87. The van der Waals surface area contributed by atoms with Gasteiger partial charge in [0.2, 0.25) is 0 Å². The highest BCUT2D eigenvalue weighted by molar-refractivity contribution is 5.46. The molecular formula is C16H23N3. The van der Waals surface area contributed by atoms with Crippen molar-refractivity contribution in [3.05, 3.63) is 47.3 Å². The van der Waals surface area contributed by atoms with Crippen molar-refractivity contribution in [3.8, 4) is 0 Å². The molecule has 2 rings (SSSR count). The summed E-state index contributed by atoms with van der Waals surface area (Å²) in [5, 5.41) is 7.88. The normalized spacial score (nSPS) is 12.4. The third-order valence-electron chi connectivity index (χ3n) is 3.36. The van der Waals surface area contributed by atoms with Crippen LogP contribution in [0.3, 0.4) is 0 Å². The Bertz CT molecular complexity index is 543. The molecule has 1 unspecified atom stereocenters. The van der Waals surface area contributed by atoms with E-state index in [1.54, 1.807) is 0 Å². The number of aromatic nitrogens is 2. The monoisotopic (exact) mass is 257 g/mol. The van der Waals surface area contributed by atoms with Gasteiger partial charge in [-0.15, -0.1) is 0 Å². The molecule has 2 aromatic rings. The molecule has 3 nitrogen and oxygen atoms in total. The van der Waals surface area contributed by atoms with Crippen molar-refractivity contribution in [3.63, 3.8) is 0 Å². The zero-order valence-corrected chi connectivity index (χ0v) is 12.3. The number of anilines is 1. The quantitative estimate of drug-likeness (QED) is 0.889. The summed E-state index contributed by atoms with van der Waals surface area (Å²) in [6.45, 7) is 6.40. The molecule has 0 fully saturated rings. The minimum atomic E-state index is 0.448. The molecular weight excluding hydrogens is 234 g/mol. The zero-order chi connectivity index (χ0) is 13.8. The lowest BCUT2D eigenvalue weighted by molar-refractivity contribution is 0.705. The summed E-state index contributed by atoms with van der Waals surface area (Å²) in [4.78, 5) is 0. The van der Waals surface area contributed by atoms with Crippen LogP contribution in [0.4, 0.5) is 5.69 Å². The van der Waals surface area contributed by atoms with Gasteiger partial charge in [0.25, 0.3) is 0 Å². The maximum absolute atomic E-state index is 4.35. The van der Waals surface area contributed by atoms with Gasteiger partial charge in [0, 0.05) is 19.3 Å². The minimum absolute atomic E-state index is 0.448. The van der Waals surface area contributed by atoms with Gasteiger partial charge in [-0.3, -0.25) is 4.68 Å². The number of hydrogen-bond donors (Lipinski definition) is 1. The Balaban J connectivity index is 1.88. The average molecular weight is 257 g/mol. The topological polar surface area (TPSA) is 29.9 Å². The molecule has 0 amide bonds. The predicted molar refractivity (Wildman–Crippen MR) is 80.5 cm³/mol. The van der Waals surface area contributed by atoms with Crippen LogP contribution in [-0.2, 0) is 13.5 Å². The fourth-order valence-corrected chi connectivity index (χ4v) is 2.33. The van der Waals surface area contributed by atoms with Crippen LogP contribution >= 0.6 is 0 Å². The first-order valence-electron chi connectivity index (χ1n) is 6.87. The van der Waals surface area contributed by atoms with Gasteiger partial charge in [-0.1, -0.05) is 29.8 Å². The van der Waals surface area contributed by atoms with Crippen molar-refractivity contribution in [2.24, 2.45) is 7.05 Å². The van der Waals surface area contributed by atoms with E-state index >= 15 is 0 Å². The van der Waals surface area contributed by atoms with Crippen molar-refractivity contribution in [2.45, 2.75) is 39.7 Å². The first-order chi connectivity index (χ1) is 9.04. The van der Waals surface area contributed by atoms with Crippen LogP contribution in [-0.4, -0.2) is 15.8 Å². The Hall–Kier alpha value is -1.77. The largest absolute Gasteiger partial charge is 0.380 e.